The van der Waals surface area contributed by atoms with Crippen molar-refractivity contribution >= 4 is 22.0 Å². The van der Waals surface area contributed by atoms with Gasteiger partial charge in [-0.15, -0.1) is 0 Å². The third-order valence-electron chi connectivity index (χ3n) is 3.97. The van der Waals surface area contributed by atoms with Gasteiger partial charge >= 0.3 is 6.18 Å². The van der Waals surface area contributed by atoms with Crippen molar-refractivity contribution < 1.29 is 27.0 Å². The summed E-state index contributed by atoms with van der Waals surface area (Å²) in [7, 11) is 0. The lowest BCUT2D eigenvalue weighted by molar-refractivity contribution is -0.137. The van der Waals surface area contributed by atoms with Crippen molar-refractivity contribution in [3.05, 3.63) is 35.0 Å². The van der Waals surface area contributed by atoms with Gasteiger partial charge in [0.15, 0.2) is 11.1 Å². The highest BCUT2D eigenvalue weighted by Crippen LogP contribution is 2.36. The van der Waals surface area contributed by atoms with E-state index in [2.05, 4.69) is 4.98 Å². The van der Waals surface area contributed by atoms with Crippen LogP contribution >= 0.6 is 0 Å². The molecule has 1 aromatic heterocycles. The van der Waals surface area contributed by atoms with Gasteiger partial charge in [-0.1, -0.05) is 6.92 Å². The summed E-state index contributed by atoms with van der Waals surface area (Å²) >= 11 is -2.32. The fourth-order valence-corrected chi connectivity index (χ4v) is 3.49. The number of aliphatic hydroxyl groups is 1. The van der Waals surface area contributed by atoms with Crippen LogP contribution in [-0.4, -0.2) is 24.1 Å². The van der Waals surface area contributed by atoms with Crippen LogP contribution in [0.5, 0.6) is 0 Å². The second-order valence-electron chi connectivity index (χ2n) is 5.60. The summed E-state index contributed by atoms with van der Waals surface area (Å²) in [5.41, 5.74) is -3.18. The van der Waals surface area contributed by atoms with Gasteiger partial charge in [-0.3, -0.25) is 0 Å². The number of hydrogen-bond donors (Lipinski definition) is 3. The Bertz CT molecular complexity index is 837. The predicted molar refractivity (Wildman–Crippen MR) is 82.4 cm³/mol. The van der Waals surface area contributed by atoms with Crippen molar-refractivity contribution in [2.45, 2.75) is 37.3 Å². The molecule has 3 unspecified atom stereocenters. The van der Waals surface area contributed by atoms with Gasteiger partial charge in [-0.2, -0.15) is 18.4 Å². The number of nitrogens with one attached hydrogen (secondary N) is 1. The van der Waals surface area contributed by atoms with Crippen molar-refractivity contribution in [3.8, 4) is 6.07 Å². The Kier molecular flexibility index (Phi) is 4.77. The summed E-state index contributed by atoms with van der Waals surface area (Å²) in [6, 6.07) is 4.76. The second-order valence-corrected chi connectivity index (χ2v) is 6.72. The highest BCUT2D eigenvalue weighted by Gasteiger charge is 2.39. The van der Waals surface area contributed by atoms with E-state index in [1.54, 1.807) is 6.92 Å². The Balaban J connectivity index is 2.64. The van der Waals surface area contributed by atoms with Crippen LogP contribution in [-0.2, 0) is 22.9 Å². The maximum Gasteiger partial charge on any atom is 0.417 e. The Morgan fingerprint density at radius 1 is 1.38 bits per heavy atom. The van der Waals surface area contributed by atoms with E-state index in [4.69, 9.17) is 5.26 Å². The highest BCUT2D eigenvalue weighted by molar-refractivity contribution is 7.80. The fraction of sp³-hybridized carbons (Fsp3) is 0.400. The van der Waals surface area contributed by atoms with E-state index in [-0.39, 0.29) is 17.6 Å². The van der Waals surface area contributed by atoms with E-state index in [9.17, 15) is 27.0 Å². The number of fused-ring (bicyclic) bond motifs is 1. The standard InChI is InChI=1S/C15H15F3N2O3S/c1-3-13(24(22)23)14(2,21)12-5-8-4-9(7-19)10(15(16,17)18)6-11(8)20-12/h4-6,13,20-21H,3H2,1-2H3,(H,22,23). The van der Waals surface area contributed by atoms with Crippen LogP contribution in [0.3, 0.4) is 0 Å². The molecule has 0 amide bonds. The lowest BCUT2D eigenvalue weighted by atomic mass is 9.96. The smallest absolute Gasteiger partial charge is 0.383 e. The summed E-state index contributed by atoms with van der Waals surface area (Å²) in [6.45, 7) is 2.93. The molecule has 24 heavy (non-hydrogen) atoms. The number of nitrogens with zero attached hydrogens (tertiary/aromatic N) is 1. The number of aromatic nitrogens is 1. The minimum absolute atomic E-state index is 0.0789. The minimum Gasteiger partial charge on any atom is -0.383 e. The molecule has 0 saturated heterocycles. The summed E-state index contributed by atoms with van der Waals surface area (Å²) in [6.07, 6.45) is -4.51. The average Bonchev–Trinajstić information content (AvgIpc) is 2.88. The molecule has 0 bridgehead atoms. The molecule has 0 aliphatic rings. The number of H-pyrrole nitrogens is 1. The van der Waals surface area contributed by atoms with Crippen molar-refractivity contribution in [1.29, 1.82) is 5.26 Å². The maximum atomic E-state index is 13.0. The van der Waals surface area contributed by atoms with Crippen LogP contribution in [0.25, 0.3) is 10.9 Å². The predicted octanol–water partition coefficient (Wildman–Crippen LogP) is 3.27. The molecule has 0 aliphatic heterocycles. The molecule has 1 heterocycles. The fourth-order valence-electron chi connectivity index (χ4n) is 2.69. The molecule has 0 fully saturated rings. The monoisotopic (exact) mass is 360 g/mol. The van der Waals surface area contributed by atoms with E-state index in [1.807, 2.05) is 0 Å². The first kappa shape index (κ1) is 18.4. The first-order chi connectivity index (χ1) is 11.0. The first-order valence-corrected chi connectivity index (χ1v) is 8.16. The minimum atomic E-state index is -4.69. The molecule has 9 heteroatoms. The van der Waals surface area contributed by atoms with Gasteiger partial charge in [0.25, 0.3) is 0 Å². The molecule has 5 nitrogen and oxygen atoms in total. The van der Waals surface area contributed by atoms with Crippen LogP contribution in [0.4, 0.5) is 13.2 Å². The molecule has 1 aromatic carbocycles. The van der Waals surface area contributed by atoms with Gasteiger partial charge in [0.2, 0.25) is 0 Å². The van der Waals surface area contributed by atoms with Crippen LogP contribution in [0.2, 0.25) is 0 Å². The third-order valence-corrected chi connectivity index (χ3v) is 5.25. The van der Waals surface area contributed by atoms with E-state index >= 15 is 0 Å². The molecule has 2 rings (SSSR count). The van der Waals surface area contributed by atoms with Crippen LogP contribution in [0.1, 0.15) is 37.1 Å². The van der Waals surface area contributed by atoms with E-state index in [0.29, 0.717) is 5.39 Å². The highest BCUT2D eigenvalue weighted by atomic mass is 32.2. The second kappa shape index (κ2) is 6.20. The van der Waals surface area contributed by atoms with Crippen molar-refractivity contribution in [3.63, 3.8) is 0 Å². The third kappa shape index (κ3) is 3.17. The molecular formula is C15H15F3N2O3S. The normalized spacial score (nSPS) is 17.2. The Labute approximate surface area is 138 Å². The van der Waals surface area contributed by atoms with Gasteiger partial charge in [0, 0.05) is 16.6 Å². The zero-order chi connectivity index (χ0) is 18.3. The number of hydrogen-bond acceptors (Lipinski definition) is 3. The van der Waals surface area contributed by atoms with Gasteiger partial charge in [-0.25, -0.2) is 4.21 Å². The topological polar surface area (TPSA) is 97.1 Å². The molecule has 3 atom stereocenters. The summed E-state index contributed by atoms with van der Waals surface area (Å²) in [5.74, 6) is 0. The number of alkyl halides is 3. The van der Waals surface area contributed by atoms with Crippen molar-refractivity contribution in [1.82, 2.24) is 4.98 Å². The van der Waals surface area contributed by atoms with Gasteiger partial charge in [0.05, 0.1) is 22.4 Å². The van der Waals surface area contributed by atoms with E-state index in [1.165, 1.54) is 19.1 Å². The molecule has 130 valence electrons. The average molecular weight is 360 g/mol. The van der Waals surface area contributed by atoms with Crippen LogP contribution in [0.15, 0.2) is 18.2 Å². The molecule has 3 N–H and O–H groups in total. The van der Waals surface area contributed by atoms with E-state index in [0.717, 1.165) is 12.1 Å². The number of benzene rings is 1. The van der Waals surface area contributed by atoms with Gasteiger partial charge < -0.3 is 14.6 Å². The summed E-state index contributed by atoms with van der Waals surface area (Å²) < 4.78 is 59.7. The lowest BCUT2D eigenvalue weighted by Crippen LogP contribution is -2.39. The molecule has 2 aromatic rings. The molecule has 0 saturated carbocycles. The first-order valence-electron chi connectivity index (χ1n) is 6.99. The molecule has 0 aliphatic carbocycles. The Morgan fingerprint density at radius 3 is 2.46 bits per heavy atom. The Morgan fingerprint density at radius 2 is 2.00 bits per heavy atom. The quantitative estimate of drug-likeness (QED) is 0.729. The van der Waals surface area contributed by atoms with Crippen LogP contribution < -0.4 is 0 Å². The zero-order valence-corrected chi connectivity index (χ0v) is 13.6. The van der Waals surface area contributed by atoms with Crippen molar-refractivity contribution in [2.75, 3.05) is 0 Å². The summed E-state index contributed by atoms with van der Waals surface area (Å²) in [4.78, 5) is 2.66. The molecular weight excluding hydrogens is 345 g/mol. The Hall–Kier alpha value is -1.89. The number of rotatable bonds is 4. The molecule has 0 radical (unpaired) electrons. The van der Waals surface area contributed by atoms with Gasteiger partial charge in [0.1, 0.15) is 5.60 Å². The number of nitriles is 1. The zero-order valence-electron chi connectivity index (χ0n) is 12.8. The van der Waals surface area contributed by atoms with Crippen molar-refractivity contribution in [2.24, 2.45) is 0 Å². The van der Waals surface area contributed by atoms with Gasteiger partial charge in [-0.05, 0) is 31.5 Å². The SMILES string of the molecule is CCC(S(=O)O)C(C)(O)c1cc2cc(C#N)c(C(F)(F)F)cc2[nH]1. The van der Waals surface area contributed by atoms with Crippen LogP contribution in [0, 0.1) is 11.3 Å². The lowest BCUT2D eigenvalue weighted by Gasteiger charge is -2.28. The number of halogens is 3. The molecule has 0 spiro atoms. The maximum absolute atomic E-state index is 13.0. The number of aromatic amines is 1. The van der Waals surface area contributed by atoms with E-state index < -0.39 is 39.2 Å². The summed E-state index contributed by atoms with van der Waals surface area (Å²) in [5, 5.41) is 18.8. The largest absolute Gasteiger partial charge is 0.417 e.